The van der Waals surface area contributed by atoms with E-state index in [0.29, 0.717) is 12.5 Å². The lowest BCUT2D eigenvalue weighted by Gasteiger charge is -2.32. The van der Waals surface area contributed by atoms with Crippen molar-refractivity contribution in [3.8, 4) is 0 Å². The summed E-state index contributed by atoms with van der Waals surface area (Å²) < 4.78 is 5.62. The van der Waals surface area contributed by atoms with Crippen molar-refractivity contribution in [1.82, 2.24) is 10.2 Å². The Balaban J connectivity index is 2.28. The third-order valence-electron chi connectivity index (χ3n) is 3.25. The number of hydrogen-bond donors (Lipinski definition) is 2. The molecule has 0 amide bonds. The third kappa shape index (κ3) is 5.02. The van der Waals surface area contributed by atoms with Gasteiger partial charge in [0.05, 0.1) is 6.10 Å². The molecule has 0 radical (unpaired) electrons. The summed E-state index contributed by atoms with van der Waals surface area (Å²) in [7, 11) is 1.69. The second kappa shape index (κ2) is 7.63. The van der Waals surface area contributed by atoms with Crippen LogP contribution in [0.3, 0.4) is 0 Å². The molecule has 0 saturated carbocycles. The number of nitrogens with one attached hydrogen (secondary N) is 1. The average molecular weight is 244 g/mol. The van der Waals surface area contributed by atoms with E-state index in [1.807, 2.05) is 6.92 Å². The predicted octanol–water partition coefficient (Wildman–Crippen LogP) is 0.550. The predicted molar refractivity (Wildman–Crippen MR) is 66.2 cm³/mol. The Morgan fingerprint density at radius 1 is 1.65 bits per heavy atom. The van der Waals surface area contributed by atoms with Crippen LogP contribution in [0, 0.1) is 0 Å². The van der Waals surface area contributed by atoms with Gasteiger partial charge in [0, 0.05) is 19.7 Å². The van der Waals surface area contributed by atoms with Crippen molar-refractivity contribution in [2.75, 3.05) is 33.3 Å². The van der Waals surface area contributed by atoms with Crippen LogP contribution in [0.4, 0.5) is 0 Å². The normalized spacial score (nSPS) is 23.5. The lowest BCUT2D eigenvalue weighted by molar-refractivity contribution is -0.139. The quantitative estimate of drug-likeness (QED) is 0.685. The topological polar surface area (TPSA) is 61.8 Å². The molecule has 1 fully saturated rings. The van der Waals surface area contributed by atoms with Gasteiger partial charge in [0.1, 0.15) is 6.04 Å². The van der Waals surface area contributed by atoms with Crippen LogP contribution in [0.1, 0.15) is 26.2 Å². The molecular weight excluding hydrogens is 220 g/mol. The maximum absolute atomic E-state index is 10.9. The van der Waals surface area contributed by atoms with Gasteiger partial charge in [0.25, 0.3) is 0 Å². The Hall–Kier alpha value is -0.650. The van der Waals surface area contributed by atoms with E-state index in [2.05, 4.69) is 10.2 Å². The van der Waals surface area contributed by atoms with Crippen LogP contribution in [0.15, 0.2) is 0 Å². The van der Waals surface area contributed by atoms with E-state index < -0.39 is 12.0 Å². The molecule has 1 aliphatic heterocycles. The molecule has 2 N–H and O–H groups in total. The summed E-state index contributed by atoms with van der Waals surface area (Å²) in [6.45, 7) is 5.58. The minimum Gasteiger partial charge on any atom is -0.480 e. The van der Waals surface area contributed by atoms with Crippen LogP contribution in [0.2, 0.25) is 0 Å². The molecule has 1 rings (SSSR count). The molecule has 2 atom stereocenters. The maximum atomic E-state index is 10.9. The maximum Gasteiger partial charge on any atom is 0.320 e. The van der Waals surface area contributed by atoms with Gasteiger partial charge in [-0.1, -0.05) is 0 Å². The van der Waals surface area contributed by atoms with E-state index in [0.717, 1.165) is 39.1 Å². The van der Waals surface area contributed by atoms with Gasteiger partial charge in [-0.3, -0.25) is 4.79 Å². The van der Waals surface area contributed by atoms with E-state index in [4.69, 9.17) is 9.84 Å². The fraction of sp³-hybridized carbons (Fsp3) is 0.917. The number of ether oxygens (including phenoxy) is 1. The largest absolute Gasteiger partial charge is 0.480 e. The Morgan fingerprint density at radius 2 is 2.41 bits per heavy atom. The van der Waals surface area contributed by atoms with Gasteiger partial charge in [0.2, 0.25) is 0 Å². The second-order valence-electron chi connectivity index (χ2n) is 4.49. The first-order chi connectivity index (χ1) is 8.17. The number of likely N-dealkylation sites (tertiary alicyclic amines) is 1. The minimum atomic E-state index is -0.772. The number of likely N-dealkylation sites (N-methyl/N-ethyl adjacent to an activating group) is 1. The molecule has 1 aliphatic rings. The van der Waals surface area contributed by atoms with E-state index in [9.17, 15) is 4.79 Å². The summed E-state index contributed by atoms with van der Waals surface area (Å²) in [6, 6.07) is -0.442. The molecule has 0 aromatic rings. The highest BCUT2D eigenvalue weighted by atomic mass is 16.5. The molecule has 2 unspecified atom stereocenters. The zero-order chi connectivity index (χ0) is 12.7. The number of carbonyl (C=O) groups is 1. The SMILES string of the molecule is CCOC1CCCN(CCC(NC)C(=O)O)C1. The number of hydrogen-bond acceptors (Lipinski definition) is 4. The standard InChI is InChI=1S/C12H24N2O3/c1-3-17-10-5-4-7-14(9-10)8-6-11(13-2)12(15)16/h10-11,13H,3-9H2,1-2H3,(H,15,16). The van der Waals surface area contributed by atoms with Gasteiger partial charge < -0.3 is 20.1 Å². The second-order valence-corrected chi connectivity index (χ2v) is 4.49. The van der Waals surface area contributed by atoms with E-state index in [1.54, 1.807) is 7.05 Å². The molecule has 0 aliphatic carbocycles. The molecule has 0 aromatic heterocycles. The van der Waals surface area contributed by atoms with Gasteiger partial charge in [-0.15, -0.1) is 0 Å². The van der Waals surface area contributed by atoms with Gasteiger partial charge in [-0.2, -0.15) is 0 Å². The zero-order valence-electron chi connectivity index (χ0n) is 10.8. The minimum absolute atomic E-state index is 0.326. The van der Waals surface area contributed by atoms with Crippen molar-refractivity contribution >= 4 is 5.97 Å². The van der Waals surface area contributed by atoms with Crippen molar-refractivity contribution in [3.63, 3.8) is 0 Å². The zero-order valence-corrected chi connectivity index (χ0v) is 10.8. The van der Waals surface area contributed by atoms with Crippen molar-refractivity contribution < 1.29 is 14.6 Å². The Labute approximate surface area is 103 Å². The van der Waals surface area contributed by atoms with Crippen molar-refractivity contribution in [2.24, 2.45) is 0 Å². The summed E-state index contributed by atoms with van der Waals surface area (Å²) in [5.41, 5.74) is 0. The molecule has 100 valence electrons. The molecular formula is C12H24N2O3. The highest BCUT2D eigenvalue weighted by Crippen LogP contribution is 2.13. The lowest BCUT2D eigenvalue weighted by atomic mass is 10.1. The van der Waals surface area contributed by atoms with Gasteiger partial charge in [-0.25, -0.2) is 0 Å². The first-order valence-electron chi connectivity index (χ1n) is 6.41. The highest BCUT2D eigenvalue weighted by Gasteiger charge is 2.22. The molecule has 1 heterocycles. The summed E-state index contributed by atoms with van der Waals surface area (Å²) >= 11 is 0. The van der Waals surface area contributed by atoms with Gasteiger partial charge >= 0.3 is 5.97 Å². The van der Waals surface area contributed by atoms with Crippen LogP contribution in [0.5, 0.6) is 0 Å². The van der Waals surface area contributed by atoms with Crippen molar-refractivity contribution in [1.29, 1.82) is 0 Å². The van der Waals surface area contributed by atoms with Crippen LogP contribution in [-0.4, -0.2) is 61.4 Å². The van der Waals surface area contributed by atoms with E-state index >= 15 is 0 Å². The van der Waals surface area contributed by atoms with Crippen LogP contribution < -0.4 is 5.32 Å². The number of aliphatic carboxylic acids is 1. The highest BCUT2D eigenvalue weighted by molar-refractivity contribution is 5.73. The Morgan fingerprint density at radius 3 is 3.00 bits per heavy atom. The first kappa shape index (κ1) is 14.4. The molecule has 0 aromatic carbocycles. The molecule has 0 spiro atoms. The third-order valence-corrected chi connectivity index (χ3v) is 3.25. The van der Waals surface area contributed by atoms with Crippen LogP contribution in [0.25, 0.3) is 0 Å². The Kier molecular flexibility index (Phi) is 6.47. The number of piperidine rings is 1. The van der Waals surface area contributed by atoms with Crippen molar-refractivity contribution in [3.05, 3.63) is 0 Å². The molecule has 17 heavy (non-hydrogen) atoms. The molecule has 0 bridgehead atoms. The smallest absolute Gasteiger partial charge is 0.320 e. The summed E-state index contributed by atoms with van der Waals surface area (Å²) in [4.78, 5) is 13.2. The number of rotatable bonds is 7. The lowest BCUT2D eigenvalue weighted by Crippen LogP contribution is -2.43. The van der Waals surface area contributed by atoms with E-state index in [1.165, 1.54) is 0 Å². The van der Waals surface area contributed by atoms with Crippen LogP contribution >= 0.6 is 0 Å². The number of carboxylic acid groups (broad SMARTS) is 1. The Bertz CT molecular complexity index is 234. The monoisotopic (exact) mass is 244 g/mol. The summed E-state index contributed by atoms with van der Waals surface area (Å²) in [6.07, 6.45) is 3.23. The number of nitrogens with zero attached hydrogens (tertiary/aromatic N) is 1. The molecule has 5 heteroatoms. The molecule has 1 saturated heterocycles. The first-order valence-corrected chi connectivity index (χ1v) is 6.41. The fourth-order valence-electron chi connectivity index (χ4n) is 2.29. The van der Waals surface area contributed by atoms with Crippen LogP contribution in [-0.2, 0) is 9.53 Å². The number of carboxylic acids is 1. The average Bonchev–Trinajstić information content (AvgIpc) is 2.30. The van der Waals surface area contributed by atoms with Gasteiger partial charge in [0.15, 0.2) is 0 Å². The van der Waals surface area contributed by atoms with Gasteiger partial charge in [-0.05, 0) is 39.8 Å². The summed E-state index contributed by atoms with van der Waals surface area (Å²) in [5, 5.41) is 11.8. The molecule has 5 nitrogen and oxygen atoms in total. The summed E-state index contributed by atoms with van der Waals surface area (Å²) in [5.74, 6) is -0.772. The van der Waals surface area contributed by atoms with Crippen molar-refractivity contribution in [2.45, 2.75) is 38.3 Å². The fourth-order valence-corrected chi connectivity index (χ4v) is 2.29. The van der Waals surface area contributed by atoms with E-state index in [-0.39, 0.29) is 0 Å².